The van der Waals surface area contributed by atoms with Crippen molar-refractivity contribution in [1.29, 1.82) is 0 Å². The van der Waals surface area contributed by atoms with Crippen LogP contribution < -0.4 is 9.47 Å². The number of hydrogen-bond donors (Lipinski definition) is 0. The van der Waals surface area contributed by atoms with Crippen molar-refractivity contribution in [2.24, 2.45) is 4.99 Å². The lowest BCUT2D eigenvalue weighted by Gasteiger charge is -2.21. The summed E-state index contributed by atoms with van der Waals surface area (Å²) >= 11 is 0. The van der Waals surface area contributed by atoms with E-state index >= 15 is 0 Å². The van der Waals surface area contributed by atoms with Gasteiger partial charge in [-0.15, -0.1) is 0 Å². The zero-order chi connectivity index (χ0) is 15.8. The van der Waals surface area contributed by atoms with Gasteiger partial charge in [0.15, 0.2) is 29.2 Å². The van der Waals surface area contributed by atoms with Crippen molar-refractivity contribution in [3.05, 3.63) is 23.3 Å². The Morgan fingerprint density at radius 3 is 2.70 bits per heavy atom. The monoisotopic (exact) mass is 315 g/mol. The third-order valence-corrected chi connectivity index (χ3v) is 4.87. The maximum atomic E-state index is 13.0. The third-order valence-electron chi connectivity index (χ3n) is 4.87. The van der Waals surface area contributed by atoms with Crippen LogP contribution in [0, 0.1) is 0 Å². The predicted molar refractivity (Wildman–Crippen MR) is 80.1 cm³/mol. The van der Waals surface area contributed by atoms with Crippen molar-refractivity contribution in [1.82, 2.24) is 0 Å². The van der Waals surface area contributed by atoms with Gasteiger partial charge in [-0.3, -0.25) is 9.79 Å². The molecule has 6 heteroatoms. The molecular weight excluding hydrogens is 298 g/mol. The van der Waals surface area contributed by atoms with Gasteiger partial charge < -0.3 is 18.9 Å². The van der Waals surface area contributed by atoms with Crippen molar-refractivity contribution >= 4 is 11.5 Å². The van der Waals surface area contributed by atoms with E-state index in [1.807, 2.05) is 26.0 Å². The fourth-order valence-electron chi connectivity index (χ4n) is 3.94. The lowest BCUT2D eigenvalue weighted by atomic mass is 9.90. The van der Waals surface area contributed by atoms with Crippen molar-refractivity contribution in [3.8, 4) is 11.5 Å². The normalized spacial score (nSPS) is 32.9. The van der Waals surface area contributed by atoms with Crippen LogP contribution in [0.25, 0.3) is 0 Å². The molecule has 0 spiro atoms. The van der Waals surface area contributed by atoms with Gasteiger partial charge in [0.2, 0.25) is 6.79 Å². The molecule has 3 atom stereocenters. The number of aliphatic imine (C=N–C) groups is 1. The molecule has 0 bridgehead atoms. The van der Waals surface area contributed by atoms with E-state index in [9.17, 15) is 4.79 Å². The summed E-state index contributed by atoms with van der Waals surface area (Å²) in [5, 5.41) is 0. The minimum Gasteiger partial charge on any atom is -0.454 e. The van der Waals surface area contributed by atoms with E-state index in [1.165, 1.54) is 0 Å². The first-order chi connectivity index (χ1) is 11.0. The first kappa shape index (κ1) is 13.5. The molecule has 0 aromatic heterocycles. The molecule has 1 aromatic rings. The van der Waals surface area contributed by atoms with Crippen molar-refractivity contribution in [2.45, 2.75) is 44.2 Å². The number of ether oxygens (including phenoxy) is 4. The molecule has 2 fully saturated rings. The van der Waals surface area contributed by atoms with Crippen LogP contribution in [0.2, 0.25) is 0 Å². The molecule has 4 aliphatic rings. The van der Waals surface area contributed by atoms with E-state index in [0.717, 1.165) is 29.0 Å². The highest BCUT2D eigenvalue weighted by Crippen LogP contribution is 2.46. The van der Waals surface area contributed by atoms with Crippen LogP contribution in [0.5, 0.6) is 11.5 Å². The average molecular weight is 315 g/mol. The number of nitrogens with zero attached hydrogens (tertiary/aromatic N) is 1. The quantitative estimate of drug-likeness (QED) is 0.727. The summed E-state index contributed by atoms with van der Waals surface area (Å²) < 4.78 is 22.7. The van der Waals surface area contributed by atoms with Crippen LogP contribution in [0.1, 0.15) is 30.9 Å². The van der Waals surface area contributed by atoms with Crippen LogP contribution in [0.4, 0.5) is 0 Å². The number of hydrogen-bond acceptors (Lipinski definition) is 6. The lowest BCUT2D eigenvalue weighted by molar-refractivity contribution is -0.155. The number of Topliss-reactive ketones (excluding diaryl/α,β-unsaturated/α-hetero) is 1. The minimum atomic E-state index is -0.748. The molecule has 1 aliphatic carbocycles. The average Bonchev–Trinajstić information content (AvgIpc) is 3.09. The number of rotatable bonds is 0. The Morgan fingerprint density at radius 1 is 1.13 bits per heavy atom. The highest BCUT2D eigenvalue weighted by atomic mass is 16.8. The molecule has 1 unspecified atom stereocenters. The topological polar surface area (TPSA) is 66.4 Å². The van der Waals surface area contributed by atoms with Crippen LogP contribution in [-0.4, -0.2) is 42.8 Å². The number of benzene rings is 1. The molecule has 5 rings (SSSR count). The van der Waals surface area contributed by atoms with Gasteiger partial charge in [0.1, 0.15) is 6.10 Å². The molecule has 0 amide bonds. The second kappa shape index (κ2) is 4.33. The zero-order valence-corrected chi connectivity index (χ0v) is 13.0. The fraction of sp³-hybridized carbons (Fsp3) is 0.529. The van der Waals surface area contributed by atoms with E-state index < -0.39 is 17.8 Å². The Bertz CT molecular complexity index is 754. The maximum absolute atomic E-state index is 13.0. The molecule has 120 valence electrons. The Morgan fingerprint density at radius 2 is 1.87 bits per heavy atom. The second-order valence-electron chi connectivity index (χ2n) is 6.77. The molecule has 0 radical (unpaired) electrons. The summed E-state index contributed by atoms with van der Waals surface area (Å²) in [6.07, 6.45) is -0.162. The Labute approximate surface area is 133 Å². The largest absolute Gasteiger partial charge is 0.454 e. The number of ketones is 1. The van der Waals surface area contributed by atoms with Gasteiger partial charge in [-0.05, 0) is 43.5 Å². The highest BCUT2D eigenvalue weighted by Gasteiger charge is 2.58. The van der Waals surface area contributed by atoms with Gasteiger partial charge >= 0.3 is 0 Å². The van der Waals surface area contributed by atoms with Crippen LogP contribution in [-0.2, 0) is 20.7 Å². The summed E-state index contributed by atoms with van der Waals surface area (Å²) in [6, 6.07) is 3.90. The van der Waals surface area contributed by atoms with Gasteiger partial charge in [-0.1, -0.05) is 0 Å². The van der Waals surface area contributed by atoms with Crippen molar-refractivity contribution < 1.29 is 23.7 Å². The Hall–Kier alpha value is -1.92. The number of carbonyl (C=O) groups is 1. The maximum Gasteiger partial charge on any atom is 0.231 e. The van der Waals surface area contributed by atoms with Crippen molar-refractivity contribution in [3.63, 3.8) is 0 Å². The zero-order valence-electron chi connectivity index (χ0n) is 13.0. The molecule has 23 heavy (non-hydrogen) atoms. The van der Waals surface area contributed by atoms with Crippen molar-refractivity contribution in [2.75, 3.05) is 13.3 Å². The third kappa shape index (κ3) is 1.82. The van der Waals surface area contributed by atoms with Gasteiger partial charge in [0, 0.05) is 6.54 Å². The first-order valence-corrected chi connectivity index (χ1v) is 7.89. The first-order valence-electron chi connectivity index (χ1n) is 7.89. The van der Waals surface area contributed by atoms with Crippen LogP contribution in [0.15, 0.2) is 17.1 Å². The predicted octanol–water partition coefficient (Wildman–Crippen LogP) is 1.60. The number of carbonyl (C=O) groups excluding carboxylic acids is 1. The molecule has 0 N–H and O–H groups in total. The lowest BCUT2D eigenvalue weighted by Crippen LogP contribution is -2.28. The Balaban J connectivity index is 1.63. The highest BCUT2D eigenvalue weighted by molar-refractivity contribution is 6.21. The second-order valence-corrected chi connectivity index (χ2v) is 6.77. The summed E-state index contributed by atoms with van der Waals surface area (Å²) in [5.41, 5.74) is 2.84. The van der Waals surface area contributed by atoms with Crippen LogP contribution >= 0.6 is 0 Å². The summed E-state index contributed by atoms with van der Waals surface area (Å²) in [7, 11) is 0. The summed E-state index contributed by atoms with van der Waals surface area (Å²) in [4.78, 5) is 17.6. The SMILES string of the molecule is CC1(C)O[C@@H]2C(=O)C3C(=NCCc4cc5c(cc43)OCO5)[C@@H]2O1. The smallest absolute Gasteiger partial charge is 0.231 e. The summed E-state index contributed by atoms with van der Waals surface area (Å²) in [5.74, 6) is 0.320. The van der Waals surface area contributed by atoms with E-state index in [-0.39, 0.29) is 18.7 Å². The summed E-state index contributed by atoms with van der Waals surface area (Å²) in [6.45, 7) is 4.52. The fourth-order valence-corrected chi connectivity index (χ4v) is 3.94. The molecule has 6 nitrogen and oxygen atoms in total. The van der Waals surface area contributed by atoms with Crippen LogP contribution in [0.3, 0.4) is 0 Å². The van der Waals surface area contributed by atoms with Gasteiger partial charge in [-0.2, -0.15) is 0 Å². The molecule has 1 saturated carbocycles. The molecular formula is C17H17NO5. The van der Waals surface area contributed by atoms with E-state index in [2.05, 4.69) is 4.99 Å². The van der Waals surface area contributed by atoms with E-state index in [4.69, 9.17) is 18.9 Å². The molecule has 3 aliphatic heterocycles. The molecule has 1 aromatic carbocycles. The van der Waals surface area contributed by atoms with E-state index in [0.29, 0.717) is 12.3 Å². The van der Waals surface area contributed by atoms with Gasteiger partial charge in [-0.25, -0.2) is 0 Å². The standard InChI is InChI=1S/C17H17NO5/c1-17(2)22-15-13-12(14(19)16(15)23-17)9-6-11-10(20-7-21-11)5-8(9)3-4-18-13/h5-6,12,15-16H,3-4,7H2,1-2H3/t12?,15-,16+/m0/s1. The molecule has 1 saturated heterocycles. The minimum absolute atomic E-state index is 0.0290. The van der Waals surface area contributed by atoms with Gasteiger partial charge in [0.05, 0.1) is 11.6 Å². The Kier molecular flexibility index (Phi) is 2.54. The number of fused-ring (bicyclic) bond motifs is 6. The van der Waals surface area contributed by atoms with Gasteiger partial charge in [0.25, 0.3) is 0 Å². The molecule has 3 heterocycles. The van der Waals surface area contributed by atoms with E-state index in [1.54, 1.807) is 0 Å².